The summed E-state index contributed by atoms with van der Waals surface area (Å²) in [4.78, 5) is 0. The summed E-state index contributed by atoms with van der Waals surface area (Å²) in [6, 6.07) is 0. The van der Waals surface area contributed by atoms with Crippen molar-refractivity contribution in [2.45, 2.75) is 115 Å². The van der Waals surface area contributed by atoms with E-state index in [4.69, 9.17) is 14.2 Å². The van der Waals surface area contributed by atoms with Crippen molar-refractivity contribution in [1.29, 1.82) is 0 Å². The molecule has 0 aromatic carbocycles. The van der Waals surface area contributed by atoms with E-state index in [1.165, 1.54) is 44.9 Å². The zero-order valence-corrected chi connectivity index (χ0v) is 17.9. The van der Waals surface area contributed by atoms with E-state index in [1.54, 1.807) is 0 Å². The molecule has 0 N–H and O–H groups in total. The third-order valence-electron chi connectivity index (χ3n) is 10.2. The van der Waals surface area contributed by atoms with Gasteiger partial charge in [0, 0.05) is 0 Å². The maximum absolute atomic E-state index is 6.23. The van der Waals surface area contributed by atoms with Crippen LogP contribution in [0.15, 0.2) is 0 Å². The van der Waals surface area contributed by atoms with E-state index in [0.717, 1.165) is 17.8 Å². The number of ether oxygens (including phenoxy) is 3. The first-order valence-electron chi connectivity index (χ1n) is 11.7. The van der Waals surface area contributed by atoms with Crippen LogP contribution >= 0.6 is 0 Å². The molecule has 0 radical (unpaired) electrons. The van der Waals surface area contributed by atoms with E-state index in [-0.39, 0.29) is 11.2 Å². The van der Waals surface area contributed by atoms with Crippen LogP contribution in [0.1, 0.15) is 79.6 Å². The monoisotopic (exact) mass is 374 g/mol. The Labute approximate surface area is 164 Å². The third kappa shape index (κ3) is 2.50. The molecule has 27 heavy (non-hydrogen) atoms. The topological polar surface area (TPSA) is 37.6 Å². The number of hydrogen-bond donors (Lipinski definition) is 0. The van der Waals surface area contributed by atoms with Crippen LogP contribution in [-0.2, 0) is 14.2 Å². The standard InChI is InChI=1S/C24H38O3/c1-13-8-16(11-22(3)20(13)26-22)24(5,15-6-7-18-19(10-15)25-18)17-9-14(2)21-23(4,12-17)27-21/h13-21H,6-12H2,1-5H3. The van der Waals surface area contributed by atoms with Crippen LogP contribution in [0.5, 0.6) is 0 Å². The Morgan fingerprint density at radius 2 is 1.30 bits per heavy atom. The third-order valence-corrected chi connectivity index (χ3v) is 10.2. The lowest BCUT2D eigenvalue weighted by Gasteiger charge is -2.54. The first kappa shape index (κ1) is 17.7. The molecule has 0 aromatic heterocycles. The van der Waals surface area contributed by atoms with Crippen LogP contribution in [0.4, 0.5) is 0 Å². The minimum absolute atomic E-state index is 0.166. The highest BCUT2D eigenvalue weighted by Crippen LogP contribution is 2.66. The molecule has 0 bridgehead atoms. The normalized spacial score (nSPS) is 63.2. The van der Waals surface area contributed by atoms with Crippen LogP contribution in [0, 0.1) is 35.0 Å². The predicted molar refractivity (Wildman–Crippen MR) is 104 cm³/mol. The van der Waals surface area contributed by atoms with Gasteiger partial charge in [0.2, 0.25) is 0 Å². The fourth-order valence-corrected chi connectivity index (χ4v) is 8.48. The summed E-state index contributed by atoms with van der Waals surface area (Å²) < 4.78 is 18.4. The molecule has 3 aliphatic carbocycles. The number of hydrogen-bond acceptors (Lipinski definition) is 3. The predicted octanol–water partition coefficient (Wildman–Crippen LogP) is 4.97. The molecule has 6 fully saturated rings. The van der Waals surface area contributed by atoms with Crippen LogP contribution in [-0.4, -0.2) is 35.6 Å². The van der Waals surface area contributed by atoms with Gasteiger partial charge in [0.15, 0.2) is 0 Å². The molecule has 6 rings (SSSR count). The van der Waals surface area contributed by atoms with E-state index in [9.17, 15) is 0 Å². The molecule has 3 heteroatoms. The van der Waals surface area contributed by atoms with E-state index in [0.29, 0.717) is 41.7 Å². The molecule has 11 atom stereocenters. The molecule has 3 aliphatic heterocycles. The number of epoxide rings is 3. The van der Waals surface area contributed by atoms with E-state index < -0.39 is 0 Å². The van der Waals surface area contributed by atoms with E-state index >= 15 is 0 Å². The Bertz CT molecular complexity index is 610. The summed E-state index contributed by atoms with van der Waals surface area (Å²) in [5.41, 5.74) is 0.735. The molecule has 152 valence electrons. The highest BCUT2D eigenvalue weighted by atomic mass is 16.6. The first-order valence-corrected chi connectivity index (χ1v) is 11.7. The minimum atomic E-state index is 0.166. The Morgan fingerprint density at radius 3 is 1.78 bits per heavy atom. The number of fused-ring (bicyclic) bond motifs is 3. The fraction of sp³-hybridized carbons (Fsp3) is 1.00. The molecule has 6 aliphatic rings. The lowest BCUT2D eigenvalue weighted by Crippen LogP contribution is -2.50. The first-order chi connectivity index (χ1) is 12.7. The van der Waals surface area contributed by atoms with Crippen molar-refractivity contribution in [3.8, 4) is 0 Å². The molecule has 3 nitrogen and oxygen atoms in total. The second-order valence-electron chi connectivity index (χ2n) is 12.0. The van der Waals surface area contributed by atoms with Crippen molar-refractivity contribution in [3.63, 3.8) is 0 Å². The van der Waals surface area contributed by atoms with Crippen molar-refractivity contribution >= 4 is 0 Å². The molecule has 3 heterocycles. The number of rotatable bonds is 3. The van der Waals surface area contributed by atoms with E-state index in [1.807, 2.05) is 0 Å². The van der Waals surface area contributed by atoms with Gasteiger partial charge in [-0.1, -0.05) is 20.8 Å². The van der Waals surface area contributed by atoms with Crippen molar-refractivity contribution in [2.24, 2.45) is 35.0 Å². The molecule has 11 unspecified atom stereocenters. The van der Waals surface area contributed by atoms with Gasteiger partial charge >= 0.3 is 0 Å². The summed E-state index contributed by atoms with van der Waals surface area (Å²) in [5, 5.41) is 0. The largest absolute Gasteiger partial charge is 0.370 e. The lowest BCUT2D eigenvalue weighted by molar-refractivity contribution is -0.0461. The molecule has 0 amide bonds. The van der Waals surface area contributed by atoms with Gasteiger partial charge in [0.25, 0.3) is 0 Å². The Kier molecular flexibility index (Phi) is 3.49. The lowest BCUT2D eigenvalue weighted by atomic mass is 9.49. The highest BCUT2D eigenvalue weighted by molar-refractivity contribution is 5.15. The zero-order chi connectivity index (χ0) is 18.8. The average molecular weight is 375 g/mol. The summed E-state index contributed by atoms with van der Waals surface area (Å²) in [7, 11) is 0. The van der Waals surface area contributed by atoms with Crippen LogP contribution in [0.2, 0.25) is 0 Å². The molecule has 3 saturated heterocycles. The smallest absolute Gasteiger partial charge is 0.0926 e. The van der Waals surface area contributed by atoms with Gasteiger partial charge in [-0.2, -0.15) is 0 Å². The second-order valence-corrected chi connectivity index (χ2v) is 12.0. The second kappa shape index (κ2) is 5.32. The molecule has 0 aromatic rings. The van der Waals surface area contributed by atoms with Crippen LogP contribution in [0.25, 0.3) is 0 Å². The van der Waals surface area contributed by atoms with Crippen molar-refractivity contribution < 1.29 is 14.2 Å². The van der Waals surface area contributed by atoms with Gasteiger partial charge in [-0.3, -0.25) is 0 Å². The van der Waals surface area contributed by atoms with Gasteiger partial charge in [0.1, 0.15) is 0 Å². The van der Waals surface area contributed by atoms with Crippen molar-refractivity contribution in [3.05, 3.63) is 0 Å². The summed E-state index contributed by atoms with van der Waals surface area (Å²) in [6.07, 6.45) is 11.5. The Morgan fingerprint density at radius 1 is 0.741 bits per heavy atom. The van der Waals surface area contributed by atoms with E-state index in [2.05, 4.69) is 34.6 Å². The summed E-state index contributed by atoms with van der Waals surface area (Å²) in [6.45, 7) is 12.3. The minimum Gasteiger partial charge on any atom is -0.370 e. The fourth-order valence-electron chi connectivity index (χ4n) is 8.48. The maximum atomic E-state index is 6.23. The zero-order valence-electron chi connectivity index (χ0n) is 17.9. The summed E-state index contributed by atoms with van der Waals surface area (Å²) in [5.74, 6) is 3.81. The van der Waals surface area contributed by atoms with Gasteiger partial charge in [0.05, 0.1) is 35.6 Å². The van der Waals surface area contributed by atoms with Gasteiger partial charge in [-0.25, -0.2) is 0 Å². The SMILES string of the molecule is CC1CC(C(C)(C2CCC3OC3C2)C2CC(C)C3OC3(C)C2)CC2(C)OC12. The van der Waals surface area contributed by atoms with Crippen LogP contribution in [0.3, 0.4) is 0 Å². The van der Waals surface area contributed by atoms with Crippen LogP contribution < -0.4 is 0 Å². The molecule has 0 spiro atoms. The van der Waals surface area contributed by atoms with Crippen molar-refractivity contribution in [2.75, 3.05) is 0 Å². The average Bonchev–Trinajstić information content (AvgIpc) is 3.49. The quantitative estimate of drug-likeness (QED) is 0.655. The molecular weight excluding hydrogens is 336 g/mol. The maximum Gasteiger partial charge on any atom is 0.0926 e. The van der Waals surface area contributed by atoms with Gasteiger partial charge in [-0.15, -0.1) is 0 Å². The Hall–Kier alpha value is -0.120. The Balaban J connectivity index is 1.34. The van der Waals surface area contributed by atoms with Gasteiger partial charge < -0.3 is 14.2 Å². The summed E-state index contributed by atoms with van der Waals surface area (Å²) >= 11 is 0. The van der Waals surface area contributed by atoms with Gasteiger partial charge in [-0.05, 0) is 93.8 Å². The van der Waals surface area contributed by atoms with Crippen molar-refractivity contribution in [1.82, 2.24) is 0 Å². The molecular formula is C24H38O3. The highest BCUT2D eigenvalue weighted by Gasteiger charge is 2.67. The molecule has 3 saturated carbocycles.